The van der Waals surface area contributed by atoms with Gasteiger partial charge in [-0.05, 0) is 18.4 Å². The van der Waals surface area contributed by atoms with Crippen LogP contribution in [-0.2, 0) is 4.79 Å². The second kappa shape index (κ2) is 10.1. The van der Waals surface area contributed by atoms with Gasteiger partial charge in [-0.15, -0.1) is 0 Å². The molecule has 0 spiro atoms. The van der Waals surface area contributed by atoms with Gasteiger partial charge in [0.05, 0.1) is 35.6 Å². The van der Waals surface area contributed by atoms with Crippen molar-refractivity contribution in [1.29, 1.82) is 0 Å². The summed E-state index contributed by atoms with van der Waals surface area (Å²) in [5, 5.41) is 3.10. The van der Waals surface area contributed by atoms with Crippen LogP contribution in [0.25, 0.3) is 11.3 Å². The van der Waals surface area contributed by atoms with Crippen LogP contribution in [0, 0.1) is 5.92 Å². The van der Waals surface area contributed by atoms with Gasteiger partial charge in [0, 0.05) is 6.07 Å². The minimum Gasteiger partial charge on any atom is -0.496 e. The Morgan fingerprint density at radius 1 is 1.40 bits per heavy atom. The van der Waals surface area contributed by atoms with E-state index in [2.05, 4.69) is 10.3 Å². The van der Waals surface area contributed by atoms with Gasteiger partial charge < -0.3 is 20.2 Å². The second-order valence-electron chi connectivity index (χ2n) is 5.62. The maximum absolute atomic E-state index is 12.1. The minimum absolute atomic E-state index is 0.282. The number of oxazole rings is 1. The minimum atomic E-state index is -0.592. The van der Waals surface area contributed by atoms with E-state index >= 15 is 0 Å². The van der Waals surface area contributed by atoms with Crippen LogP contribution in [0.15, 0.2) is 29.1 Å². The fraction of sp³-hybridized carbons (Fsp3) is 0.444. The molecular formula is C18H26ClN3O3. The van der Waals surface area contributed by atoms with E-state index in [0.29, 0.717) is 40.1 Å². The molecule has 0 saturated carbocycles. The van der Waals surface area contributed by atoms with E-state index in [1.165, 1.54) is 13.5 Å². The summed E-state index contributed by atoms with van der Waals surface area (Å²) >= 11 is 6.26. The number of hydrogen-bond acceptors (Lipinski definition) is 5. The van der Waals surface area contributed by atoms with Crippen LogP contribution in [0.2, 0.25) is 5.02 Å². The lowest BCUT2D eigenvalue weighted by Gasteiger charge is -2.16. The predicted molar refractivity (Wildman–Crippen MR) is 101 cm³/mol. The zero-order valence-corrected chi connectivity index (χ0v) is 16.1. The zero-order valence-electron chi connectivity index (χ0n) is 15.3. The van der Waals surface area contributed by atoms with Crippen molar-refractivity contribution in [3.05, 3.63) is 29.7 Å². The third-order valence-corrected chi connectivity index (χ3v) is 3.62. The number of hydrogen-bond donors (Lipinski definition) is 2. The molecule has 25 heavy (non-hydrogen) atoms. The van der Waals surface area contributed by atoms with E-state index in [0.717, 1.165) is 0 Å². The summed E-state index contributed by atoms with van der Waals surface area (Å²) in [6, 6.07) is 2.70. The van der Waals surface area contributed by atoms with Crippen LogP contribution in [0.3, 0.4) is 0 Å². The Morgan fingerprint density at radius 3 is 2.60 bits per heavy atom. The zero-order chi connectivity index (χ0) is 19.0. The number of halogens is 1. The van der Waals surface area contributed by atoms with Gasteiger partial charge in [-0.1, -0.05) is 39.3 Å². The maximum atomic E-state index is 12.1. The first kappa shape index (κ1) is 21.0. The van der Waals surface area contributed by atoms with Crippen LogP contribution in [0.1, 0.15) is 34.1 Å². The van der Waals surface area contributed by atoms with Gasteiger partial charge in [0.15, 0.2) is 12.2 Å². The van der Waals surface area contributed by atoms with E-state index in [4.69, 9.17) is 26.5 Å². The Hall–Kier alpha value is -2.05. The molecule has 1 unspecified atom stereocenters. The number of anilines is 1. The summed E-state index contributed by atoms with van der Waals surface area (Å²) in [5.74, 6) is 1.08. The number of amides is 1. The third-order valence-electron chi connectivity index (χ3n) is 3.31. The lowest BCUT2D eigenvalue weighted by atomic mass is 10.0. The van der Waals surface area contributed by atoms with Gasteiger partial charge in [-0.2, -0.15) is 0 Å². The Bertz CT molecular complexity index is 672. The molecule has 7 heteroatoms. The monoisotopic (exact) mass is 367 g/mol. The molecule has 0 saturated heterocycles. The molecule has 0 aliphatic rings. The van der Waals surface area contributed by atoms with Crippen molar-refractivity contribution in [3.63, 3.8) is 0 Å². The molecule has 2 rings (SSSR count). The number of aromatic nitrogens is 1. The van der Waals surface area contributed by atoms with Crippen molar-refractivity contribution in [1.82, 2.24) is 4.98 Å². The molecule has 1 aromatic heterocycles. The highest BCUT2D eigenvalue weighted by atomic mass is 35.5. The van der Waals surface area contributed by atoms with Crippen LogP contribution in [-0.4, -0.2) is 24.0 Å². The van der Waals surface area contributed by atoms with Gasteiger partial charge in [-0.3, -0.25) is 4.79 Å². The fourth-order valence-corrected chi connectivity index (χ4v) is 2.41. The smallest absolute Gasteiger partial charge is 0.241 e. The molecule has 1 amide bonds. The summed E-state index contributed by atoms with van der Waals surface area (Å²) in [6.45, 7) is 8.02. The topological polar surface area (TPSA) is 90.4 Å². The molecule has 1 heterocycles. The van der Waals surface area contributed by atoms with Crippen LogP contribution >= 0.6 is 11.6 Å². The largest absolute Gasteiger partial charge is 0.496 e. The van der Waals surface area contributed by atoms with Gasteiger partial charge in [0.25, 0.3) is 0 Å². The number of benzene rings is 1. The molecule has 2 aromatic rings. The van der Waals surface area contributed by atoms with E-state index < -0.39 is 6.04 Å². The fourth-order valence-electron chi connectivity index (χ4n) is 2.20. The summed E-state index contributed by atoms with van der Waals surface area (Å²) in [6.07, 6.45) is 3.48. The lowest BCUT2D eigenvalue weighted by molar-refractivity contribution is -0.117. The lowest BCUT2D eigenvalue weighted by Crippen LogP contribution is -2.36. The molecule has 0 radical (unpaired) electrons. The van der Waals surface area contributed by atoms with Gasteiger partial charge >= 0.3 is 0 Å². The van der Waals surface area contributed by atoms with Crippen molar-refractivity contribution >= 4 is 23.2 Å². The summed E-state index contributed by atoms with van der Waals surface area (Å²) < 4.78 is 10.6. The first-order valence-corrected chi connectivity index (χ1v) is 8.63. The van der Waals surface area contributed by atoms with Crippen molar-refractivity contribution in [2.24, 2.45) is 11.7 Å². The molecular weight excluding hydrogens is 342 g/mol. The average Bonchev–Trinajstić information content (AvgIpc) is 3.11. The molecule has 0 fully saturated rings. The second-order valence-corrected chi connectivity index (χ2v) is 6.03. The molecule has 1 aromatic carbocycles. The van der Waals surface area contributed by atoms with E-state index in [1.54, 1.807) is 18.3 Å². The van der Waals surface area contributed by atoms with Crippen LogP contribution in [0.4, 0.5) is 5.69 Å². The van der Waals surface area contributed by atoms with Crippen molar-refractivity contribution in [2.45, 2.75) is 40.2 Å². The summed E-state index contributed by atoms with van der Waals surface area (Å²) in [4.78, 5) is 16.0. The number of nitrogens with zero attached hydrogens (tertiary/aromatic N) is 1. The Balaban J connectivity index is 0.00000151. The highest BCUT2D eigenvalue weighted by Gasteiger charge is 2.19. The maximum Gasteiger partial charge on any atom is 0.241 e. The predicted octanol–water partition coefficient (Wildman–Crippen LogP) is 4.34. The first-order chi connectivity index (χ1) is 11.9. The molecule has 0 aliphatic heterocycles. The third kappa shape index (κ3) is 5.76. The summed E-state index contributed by atoms with van der Waals surface area (Å²) in [7, 11) is 1.53. The van der Waals surface area contributed by atoms with Crippen molar-refractivity contribution in [2.75, 3.05) is 12.4 Å². The Labute approximate surface area is 153 Å². The standard InChI is InChI=1S/C16H20ClN3O3.C2H6/c1-9(2)4-12(18)16(21)20-13-6-14(22-3)10(5-11(13)17)15-7-19-8-23-15;1-2/h5-9,12H,4,18H2,1-3H3,(H,20,21);1-2H3. The molecule has 138 valence electrons. The highest BCUT2D eigenvalue weighted by Crippen LogP contribution is 2.37. The van der Waals surface area contributed by atoms with Gasteiger partial charge in [0.1, 0.15) is 5.75 Å². The van der Waals surface area contributed by atoms with E-state index in [-0.39, 0.29) is 5.91 Å². The van der Waals surface area contributed by atoms with Crippen molar-refractivity contribution in [3.8, 4) is 17.1 Å². The number of rotatable bonds is 6. The molecule has 6 nitrogen and oxygen atoms in total. The Kier molecular flexibility index (Phi) is 8.45. The first-order valence-electron chi connectivity index (χ1n) is 8.25. The van der Waals surface area contributed by atoms with Crippen LogP contribution < -0.4 is 15.8 Å². The number of carbonyl (C=O) groups excluding carboxylic acids is 1. The van der Waals surface area contributed by atoms with E-state index in [9.17, 15) is 4.79 Å². The number of carbonyl (C=O) groups is 1. The van der Waals surface area contributed by atoms with Gasteiger partial charge in [-0.25, -0.2) is 4.98 Å². The average molecular weight is 368 g/mol. The quantitative estimate of drug-likeness (QED) is 0.792. The van der Waals surface area contributed by atoms with Crippen LogP contribution in [0.5, 0.6) is 5.75 Å². The van der Waals surface area contributed by atoms with Crippen molar-refractivity contribution < 1.29 is 13.9 Å². The number of nitrogens with one attached hydrogen (secondary N) is 1. The molecule has 1 atom stereocenters. The van der Waals surface area contributed by atoms with Gasteiger partial charge in [0.2, 0.25) is 5.91 Å². The molecule has 0 aliphatic carbocycles. The number of ether oxygens (including phenoxy) is 1. The molecule has 0 bridgehead atoms. The highest BCUT2D eigenvalue weighted by molar-refractivity contribution is 6.34. The number of methoxy groups -OCH3 is 1. The normalized spacial score (nSPS) is 11.5. The molecule has 3 N–H and O–H groups in total. The van der Waals surface area contributed by atoms with E-state index in [1.807, 2.05) is 27.7 Å². The SMILES string of the molecule is CC.COc1cc(NC(=O)C(N)CC(C)C)c(Cl)cc1-c1cnco1. The Morgan fingerprint density at radius 2 is 2.08 bits per heavy atom. The summed E-state index contributed by atoms with van der Waals surface area (Å²) in [5.41, 5.74) is 6.98. The number of nitrogens with two attached hydrogens (primary N) is 1.